The molecule has 1 aromatic heterocycles. The Labute approximate surface area is 266 Å². The summed E-state index contributed by atoms with van der Waals surface area (Å²) in [4.78, 5) is 33.8. The number of rotatable bonds is 11. The molecule has 6 rings (SSSR count). The molecule has 1 fully saturated rings. The van der Waals surface area contributed by atoms with Gasteiger partial charge >= 0.3 is 5.91 Å². The summed E-state index contributed by atoms with van der Waals surface area (Å²) in [6.45, 7) is 9.30. The molecule has 0 spiro atoms. The number of ketones is 1. The normalized spacial score (nSPS) is 18.7. The van der Waals surface area contributed by atoms with Crippen LogP contribution in [-0.4, -0.2) is 47.7 Å². The van der Waals surface area contributed by atoms with Crippen LogP contribution in [0.1, 0.15) is 63.3 Å². The van der Waals surface area contributed by atoms with E-state index in [4.69, 9.17) is 23.9 Å². The van der Waals surface area contributed by atoms with E-state index in [9.17, 15) is 14.7 Å². The summed E-state index contributed by atoms with van der Waals surface area (Å²) in [5.41, 5.74) is 2.59. The molecular weight excluding hydrogens is 592 g/mol. The molecule has 0 saturated carbocycles. The van der Waals surface area contributed by atoms with Gasteiger partial charge in [0.1, 0.15) is 23.4 Å². The minimum atomic E-state index is -0.968. The third kappa shape index (κ3) is 5.82. The smallest absolute Gasteiger partial charge is 0.301 e. The second-order valence-electron chi connectivity index (χ2n) is 11.0. The molecule has 1 N–H and O–H groups in total. The monoisotopic (exact) mass is 628 g/mol. The Morgan fingerprint density at radius 2 is 1.82 bits per heavy atom. The maximum Gasteiger partial charge on any atom is 0.301 e. The number of fused-ring (bicyclic) bond motifs is 2. The Kier molecular flexibility index (Phi) is 8.67. The fourth-order valence-corrected chi connectivity index (χ4v) is 6.75. The molecule has 45 heavy (non-hydrogen) atoms. The lowest BCUT2D eigenvalue weighted by atomic mass is 9.94. The van der Waals surface area contributed by atoms with Crippen LogP contribution in [0.15, 0.2) is 60.2 Å². The summed E-state index contributed by atoms with van der Waals surface area (Å²) < 4.78 is 24.3. The zero-order valence-electron chi connectivity index (χ0n) is 25.8. The third-order valence-electron chi connectivity index (χ3n) is 7.82. The molecule has 2 aliphatic heterocycles. The molecule has 3 aromatic carbocycles. The van der Waals surface area contributed by atoms with Gasteiger partial charge in [0, 0.05) is 12.0 Å². The van der Waals surface area contributed by atoms with Crippen molar-refractivity contribution in [1.82, 2.24) is 4.98 Å². The number of carbonyl (C=O) groups is 2. The minimum Gasteiger partial charge on any atom is -0.507 e. The van der Waals surface area contributed by atoms with Crippen molar-refractivity contribution in [2.45, 2.75) is 59.1 Å². The van der Waals surface area contributed by atoms with Crippen molar-refractivity contribution >= 4 is 44.1 Å². The second-order valence-corrected chi connectivity index (χ2v) is 12.0. The molecule has 3 heterocycles. The van der Waals surface area contributed by atoms with Crippen LogP contribution in [0.3, 0.4) is 0 Å². The first-order valence-electron chi connectivity index (χ1n) is 15.4. The number of thiazole rings is 1. The van der Waals surface area contributed by atoms with Gasteiger partial charge in [-0.05, 0) is 86.8 Å². The molecule has 9 nitrogen and oxygen atoms in total. The maximum absolute atomic E-state index is 13.9. The Balaban J connectivity index is 1.50. The van der Waals surface area contributed by atoms with E-state index in [-0.39, 0.29) is 17.4 Å². The number of nitrogens with zero attached hydrogens (tertiary/aromatic N) is 2. The standard InChI is InChI=1S/C35H36N2O7S/c1-5-8-15-43-27-14-9-21(18-28(27)42-7-3)31-30(32(38)22-10-13-26-23(17-22)16-20(4)44-26)33(39)34(40)37(31)35-36-25-12-11-24(41-6-2)19-29(25)45-35/h9-14,17-20,31,38H,5-8,15-16H2,1-4H3. The number of carbonyl (C=O) groups excluding carboxylic acids is 2. The molecule has 2 unspecified atom stereocenters. The molecule has 2 aliphatic rings. The lowest BCUT2D eigenvalue weighted by Crippen LogP contribution is -2.29. The molecule has 0 aliphatic carbocycles. The highest BCUT2D eigenvalue weighted by molar-refractivity contribution is 7.22. The first-order valence-corrected chi connectivity index (χ1v) is 16.2. The lowest BCUT2D eigenvalue weighted by Gasteiger charge is -2.24. The van der Waals surface area contributed by atoms with E-state index >= 15 is 0 Å². The summed E-state index contributed by atoms with van der Waals surface area (Å²) in [6, 6.07) is 15.2. The Bertz CT molecular complexity index is 1800. The van der Waals surface area contributed by atoms with Crippen molar-refractivity contribution in [1.29, 1.82) is 0 Å². The molecule has 2 atom stereocenters. The van der Waals surface area contributed by atoms with E-state index < -0.39 is 17.7 Å². The van der Waals surface area contributed by atoms with Crippen molar-refractivity contribution in [3.63, 3.8) is 0 Å². The van der Waals surface area contributed by atoms with Gasteiger partial charge < -0.3 is 24.1 Å². The molecule has 1 saturated heterocycles. The second kappa shape index (κ2) is 12.8. The van der Waals surface area contributed by atoms with E-state index in [2.05, 4.69) is 6.92 Å². The van der Waals surface area contributed by atoms with Crippen LogP contribution in [-0.2, 0) is 16.0 Å². The number of aromatic nitrogens is 1. The number of aliphatic hydroxyl groups is 1. The highest BCUT2D eigenvalue weighted by Gasteiger charge is 2.48. The number of ether oxygens (including phenoxy) is 4. The predicted molar refractivity (Wildman–Crippen MR) is 174 cm³/mol. The average Bonchev–Trinajstić information content (AvgIpc) is 3.69. The first-order chi connectivity index (χ1) is 21.8. The van der Waals surface area contributed by atoms with E-state index in [0.717, 1.165) is 28.9 Å². The van der Waals surface area contributed by atoms with Gasteiger partial charge in [-0.2, -0.15) is 0 Å². The van der Waals surface area contributed by atoms with Crippen LogP contribution in [0.25, 0.3) is 16.0 Å². The van der Waals surface area contributed by atoms with E-state index in [1.807, 2.05) is 45.0 Å². The number of aliphatic hydroxyl groups excluding tert-OH is 1. The lowest BCUT2D eigenvalue weighted by molar-refractivity contribution is -0.132. The quantitative estimate of drug-likeness (QED) is 0.0803. The maximum atomic E-state index is 13.9. The number of unbranched alkanes of at least 4 members (excludes halogenated alkanes) is 1. The van der Waals surface area contributed by atoms with Gasteiger partial charge in [0.15, 0.2) is 16.6 Å². The molecule has 0 bridgehead atoms. The Morgan fingerprint density at radius 3 is 2.60 bits per heavy atom. The Hall–Kier alpha value is -4.57. The SMILES string of the molecule is CCCCOc1ccc(C2C(=C(O)c3ccc4c(c3)CC(C)O4)C(=O)C(=O)N2c2nc3ccc(OCC)cc3s2)cc1OCC. The summed E-state index contributed by atoms with van der Waals surface area (Å²) in [6.07, 6.45) is 2.57. The van der Waals surface area contributed by atoms with Gasteiger partial charge in [-0.15, -0.1) is 0 Å². The summed E-state index contributed by atoms with van der Waals surface area (Å²) in [5.74, 6) is 0.672. The highest BCUT2D eigenvalue weighted by Crippen LogP contribution is 2.46. The van der Waals surface area contributed by atoms with Crippen LogP contribution >= 0.6 is 11.3 Å². The van der Waals surface area contributed by atoms with Gasteiger partial charge in [0.2, 0.25) is 0 Å². The Morgan fingerprint density at radius 1 is 1.00 bits per heavy atom. The third-order valence-corrected chi connectivity index (χ3v) is 8.84. The van der Waals surface area contributed by atoms with Crippen LogP contribution in [0, 0.1) is 0 Å². The molecule has 10 heteroatoms. The summed E-state index contributed by atoms with van der Waals surface area (Å²) in [5, 5.41) is 12.1. The molecule has 1 amide bonds. The van der Waals surface area contributed by atoms with Gasteiger partial charge in [-0.1, -0.05) is 30.7 Å². The largest absolute Gasteiger partial charge is 0.507 e. The van der Waals surface area contributed by atoms with E-state index in [0.29, 0.717) is 65.3 Å². The van der Waals surface area contributed by atoms with Crippen molar-refractivity contribution in [3.8, 4) is 23.0 Å². The fraction of sp³-hybridized carbons (Fsp3) is 0.343. The highest BCUT2D eigenvalue weighted by atomic mass is 32.1. The first kappa shape index (κ1) is 30.5. The van der Waals surface area contributed by atoms with Gasteiger partial charge in [-0.25, -0.2) is 4.98 Å². The number of benzene rings is 3. The number of anilines is 1. The zero-order valence-corrected chi connectivity index (χ0v) is 26.6. The topological polar surface area (TPSA) is 107 Å². The van der Waals surface area contributed by atoms with Gasteiger partial charge in [-0.3, -0.25) is 14.5 Å². The van der Waals surface area contributed by atoms with Crippen LogP contribution < -0.4 is 23.8 Å². The van der Waals surface area contributed by atoms with Crippen LogP contribution in [0.5, 0.6) is 23.0 Å². The average molecular weight is 629 g/mol. The number of Topliss-reactive ketones (excluding diaryl/α,β-unsaturated/α-hetero) is 1. The molecule has 4 aromatic rings. The minimum absolute atomic E-state index is 0.0142. The van der Waals surface area contributed by atoms with Crippen LogP contribution in [0.4, 0.5) is 5.13 Å². The van der Waals surface area contributed by atoms with Crippen molar-refractivity contribution in [2.24, 2.45) is 0 Å². The zero-order chi connectivity index (χ0) is 31.7. The van der Waals surface area contributed by atoms with Crippen molar-refractivity contribution < 1.29 is 33.6 Å². The van der Waals surface area contributed by atoms with Crippen molar-refractivity contribution in [2.75, 3.05) is 24.7 Å². The predicted octanol–water partition coefficient (Wildman–Crippen LogP) is 7.22. The van der Waals surface area contributed by atoms with Gasteiger partial charge in [0.05, 0.1) is 41.7 Å². The van der Waals surface area contributed by atoms with E-state index in [1.165, 1.54) is 16.2 Å². The summed E-state index contributed by atoms with van der Waals surface area (Å²) >= 11 is 1.28. The molecule has 0 radical (unpaired) electrons. The van der Waals surface area contributed by atoms with Crippen LogP contribution in [0.2, 0.25) is 0 Å². The van der Waals surface area contributed by atoms with Crippen molar-refractivity contribution in [3.05, 3.63) is 76.9 Å². The molecular formula is C35H36N2O7S. The number of hydrogen-bond acceptors (Lipinski definition) is 9. The number of amides is 1. The summed E-state index contributed by atoms with van der Waals surface area (Å²) in [7, 11) is 0. The fourth-order valence-electron chi connectivity index (χ4n) is 5.73. The molecule has 234 valence electrons. The van der Waals surface area contributed by atoms with E-state index in [1.54, 1.807) is 30.3 Å². The number of hydrogen-bond donors (Lipinski definition) is 1. The van der Waals surface area contributed by atoms with Gasteiger partial charge in [0.25, 0.3) is 5.78 Å².